The Hall–Kier alpha value is -2.37. The van der Waals surface area contributed by atoms with Crippen molar-refractivity contribution < 1.29 is 14.6 Å². The zero-order valence-electron chi connectivity index (χ0n) is 10.8. The van der Waals surface area contributed by atoms with E-state index < -0.39 is 11.9 Å². The lowest BCUT2D eigenvalue weighted by atomic mass is 10.1. The maximum absolute atomic E-state index is 10.8. The van der Waals surface area contributed by atoms with Crippen molar-refractivity contribution in [2.24, 2.45) is 5.92 Å². The summed E-state index contributed by atoms with van der Waals surface area (Å²) in [5, 5.41) is 16.9. The van der Waals surface area contributed by atoms with Crippen molar-refractivity contribution in [3.63, 3.8) is 0 Å². The number of para-hydroxylation sites is 2. The van der Waals surface area contributed by atoms with Crippen molar-refractivity contribution in [3.8, 4) is 11.4 Å². The van der Waals surface area contributed by atoms with E-state index in [1.165, 1.54) is 0 Å². The molecule has 1 aromatic heterocycles. The molecule has 0 aliphatic rings. The van der Waals surface area contributed by atoms with E-state index in [0.717, 1.165) is 5.69 Å². The monoisotopic (exact) mass is 261 g/mol. The van der Waals surface area contributed by atoms with Gasteiger partial charge in [-0.05, 0) is 12.1 Å². The molecule has 0 amide bonds. The summed E-state index contributed by atoms with van der Waals surface area (Å²) in [6.45, 7) is 1.64. The third-order valence-electron chi connectivity index (χ3n) is 2.81. The van der Waals surface area contributed by atoms with Crippen LogP contribution in [0.25, 0.3) is 5.69 Å². The number of methoxy groups -OCH3 is 1. The van der Waals surface area contributed by atoms with Crippen LogP contribution in [0.4, 0.5) is 0 Å². The van der Waals surface area contributed by atoms with Gasteiger partial charge in [-0.15, -0.1) is 5.10 Å². The number of rotatable bonds is 5. The van der Waals surface area contributed by atoms with Gasteiger partial charge in [-0.3, -0.25) is 4.79 Å². The molecule has 0 fully saturated rings. The second-order valence-electron chi connectivity index (χ2n) is 4.27. The number of aliphatic carboxylic acids is 1. The highest BCUT2D eigenvalue weighted by molar-refractivity contribution is 5.69. The molecule has 2 rings (SSSR count). The smallest absolute Gasteiger partial charge is 0.306 e. The van der Waals surface area contributed by atoms with E-state index in [4.69, 9.17) is 9.84 Å². The molecular weight excluding hydrogens is 246 g/mol. The lowest BCUT2D eigenvalue weighted by molar-refractivity contribution is -0.141. The third kappa shape index (κ3) is 2.90. The van der Waals surface area contributed by atoms with Crippen LogP contribution in [0.15, 0.2) is 30.5 Å². The summed E-state index contributed by atoms with van der Waals surface area (Å²) in [6.07, 6.45) is 2.07. The van der Waals surface area contributed by atoms with Gasteiger partial charge in [0.2, 0.25) is 0 Å². The van der Waals surface area contributed by atoms with Gasteiger partial charge in [0.15, 0.2) is 0 Å². The number of carbonyl (C=O) groups is 1. The zero-order chi connectivity index (χ0) is 13.8. The number of ether oxygens (including phenoxy) is 1. The van der Waals surface area contributed by atoms with Gasteiger partial charge in [0, 0.05) is 6.42 Å². The van der Waals surface area contributed by atoms with Gasteiger partial charge >= 0.3 is 5.97 Å². The fourth-order valence-corrected chi connectivity index (χ4v) is 1.73. The Labute approximate surface area is 110 Å². The number of carboxylic acid groups (broad SMARTS) is 1. The highest BCUT2D eigenvalue weighted by Gasteiger charge is 2.15. The number of hydrogen-bond donors (Lipinski definition) is 1. The van der Waals surface area contributed by atoms with E-state index in [1.54, 1.807) is 24.9 Å². The SMILES string of the molecule is COc1ccccc1-n1cc(CC(C)C(=O)O)nn1. The van der Waals surface area contributed by atoms with Crippen LogP contribution in [-0.2, 0) is 11.2 Å². The maximum Gasteiger partial charge on any atom is 0.306 e. The second kappa shape index (κ2) is 5.51. The van der Waals surface area contributed by atoms with Gasteiger partial charge < -0.3 is 9.84 Å². The van der Waals surface area contributed by atoms with Crippen LogP contribution in [-0.4, -0.2) is 33.2 Å². The Morgan fingerprint density at radius 2 is 2.21 bits per heavy atom. The largest absolute Gasteiger partial charge is 0.494 e. The number of hydrogen-bond acceptors (Lipinski definition) is 4. The molecule has 1 heterocycles. The van der Waals surface area contributed by atoms with Crippen molar-refractivity contribution in [2.45, 2.75) is 13.3 Å². The molecule has 6 nitrogen and oxygen atoms in total. The first-order chi connectivity index (χ1) is 9.11. The summed E-state index contributed by atoms with van der Waals surface area (Å²) < 4.78 is 6.83. The minimum atomic E-state index is -0.841. The molecule has 0 radical (unpaired) electrons. The average Bonchev–Trinajstić information content (AvgIpc) is 2.86. The minimum absolute atomic E-state index is 0.352. The average molecular weight is 261 g/mol. The Morgan fingerprint density at radius 1 is 1.47 bits per heavy atom. The Bertz CT molecular complexity index is 580. The lowest BCUT2D eigenvalue weighted by Crippen LogP contribution is -2.12. The molecule has 19 heavy (non-hydrogen) atoms. The summed E-state index contributed by atoms with van der Waals surface area (Å²) in [5.74, 6) is -0.639. The highest BCUT2D eigenvalue weighted by atomic mass is 16.5. The molecule has 0 saturated carbocycles. The predicted molar refractivity (Wildman–Crippen MR) is 68.4 cm³/mol. The van der Waals surface area contributed by atoms with E-state index >= 15 is 0 Å². The van der Waals surface area contributed by atoms with Crippen LogP contribution in [0.2, 0.25) is 0 Å². The molecule has 100 valence electrons. The molecule has 0 bridgehead atoms. The maximum atomic E-state index is 10.8. The van der Waals surface area contributed by atoms with E-state index in [2.05, 4.69) is 10.3 Å². The normalized spacial score (nSPS) is 12.1. The molecular formula is C13H15N3O3. The second-order valence-corrected chi connectivity index (χ2v) is 4.27. The number of nitrogens with zero attached hydrogens (tertiary/aromatic N) is 3. The molecule has 1 N–H and O–H groups in total. The first-order valence-corrected chi connectivity index (χ1v) is 5.89. The topological polar surface area (TPSA) is 77.2 Å². The van der Waals surface area contributed by atoms with Crippen LogP contribution in [0.3, 0.4) is 0 Å². The quantitative estimate of drug-likeness (QED) is 0.883. The van der Waals surface area contributed by atoms with Gasteiger partial charge in [0.05, 0.1) is 24.9 Å². The van der Waals surface area contributed by atoms with Gasteiger partial charge in [0.25, 0.3) is 0 Å². The summed E-state index contributed by atoms with van der Waals surface area (Å²) in [7, 11) is 1.59. The fourth-order valence-electron chi connectivity index (χ4n) is 1.73. The van der Waals surface area contributed by atoms with E-state index in [9.17, 15) is 4.79 Å². The van der Waals surface area contributed by atoms with Crippen molar-refractivity contribution in [3.05, 3.63) is 36.2 Å². The number of benzene rings is 1. The number of aromatic nitrogens is 3. The molecule has 1 aromatic carbocycles. The Balaban J connectivity index is 2.23. The molecule has 0 aliphatic carbocycles. The predicted octanol–water partition coefficient (Wildman–Crippen LogP) is 1.54. The van der Waals surface area contributed by atoms with Crippen LogP contribution < -0.4 is 4.74 Å². The first kappa shape index (κ1) is 13.1. The van der Waals surface area contributed by atoms with Gasteiger partial charge in [0.1, 0.15) is 11.4 Å². The Morgan fingerprint density at radius 3 is 2.89 bits per heavy atom. The molecule has 6 heteroatoms. The van der Waals surface area contributed by atoms with Crippen LogP contribution in [0, 0.1) is 5.92 Å². The molecule has 0 saturated heterocycles. The third-order valence-corrected chi connectivity index (χ3v) is 2.81. The molecule has 0 aliphatic heterocycles. The van der Waals surface area contributed by atoms with E-state index in [-0.39, 0.29) is 0 Å². The summed E-state index contributed by atoms with van der Waals surface area (Å²) in [6, 6.07) is 7.43. The summed E-state index contributed by atoms with van der Waals surface area (Å²) >= 11 is 0. The molecule has 1 atom stereocenters. The van der Waals surface area contributed by atoms with E-state index in [1.807, 2.05) is 24.3 Å². The number of carboxylic acids is 1. The summed E-state index contributed by atoms with van der Waals surface area (Å²) in [4.78, 5) is 10.8. The minimum Gasteiger partial charge on any atom is -0.494 e. The standard InChI is InChI=1S/C13H15N3O3/c1-9(13(17)18)7-10-8-16(15-14-10)11-5-3-4-6-12(11)19-2/h3-6,8-9H,7H2,1-2H3,(H,17,18). The first-order valence-electron chi connectivity index (χ1n) is 5.89. The van der Waals surface area contributed by atoms with Gasteiger partial charge in [-0.1, -0.05) is 24.3 Å². The molecule has 0 spiro atoms. The van der Waals surface area contributed by atoms with Crippen LogP contribution >= 0.6 is 0 Å². The van der Waals surface area contributed by atoms with Gasteiger partial charge in [-0.2, -0.15) is 0 Å². The van der Waals surface area contributed by atoms with Crippen LogP contribution in [0.5, 0.6) is 5.75 Å². The molecule has 1 unspecified atom stereocenters. The van der Waals surface area contributed by atoms with E-state index in [0.29, 0.717) is 17.9 Å². The van der Waals surface area contributed by atoms with Crippen molar-refractivity contribution >= 4 is 5.97 Å². The lowest BCUT2D eigenvalue weighted by Gasteiger charge is -2.06. The zero-order valence-corrected chi connectivity index (χ0v) is 10.8. The van der Waals surface area contributed by atoms with Crippen molar-refractivity contribution in [1.82, 2.24) is 15.0 Å². The Kier molecular flexibility index (Phi) is 3.79. The van der Waals surface area contributed by atoms with Crippen molar-refractivity contribution in [2.75, 3.05) is 7.11 Å². The van der Waals surface area contributed by atoms with Crippen LogP contribution in [0.1, 0.15) is 12.6 Å². The highest BCUT2D eigenvalue weighted by Crippen LogP contribution is 2.21. The molecule has 2 aromatic rings. The summed E-state index contributed by atoms with van der Waals surface area (Å²) in [5.41, 5.74) is 1.41. The van der Waals surface area contributed by atoms with Gasteiger partial charge in [-0.25, -0.2) is 4.68 Å². The van der Waals surface area contributed by atoms with Crippen molar-refractivity contribution in [1.29, 1.82) is 0 Å². The fraction of sp³-hybridized carbons (Fsp3) is 0.308.